The van der Waals surface area contributed by atoms with Crippen LogP contribution in [-0.4, -0.2) is 16.9 Å². The quantitative estimate of drug-likeness (QED) is 0.465. The van der Waals surface area contributed by atoms with E-state index in [-0.39, 0.29) is 5.82 Å². The van der Waals surface area contributed by atoms with Crippen molar-refractivity contribution in [3.63, 3.8) is 0 Å². The standard InChI is InChI=1S/C18H16FN3S2/c1-3-10-20-18-22(16(12-24-18)17-5-4-11-23-17)21-13(2)14-6-8-15(19)9-7-14/h3-9,11-12H,1,10H2,2H3. The summed E-state index contributed by atoms with van der Waals surface area (Å²) in [6.45, 7) is 6.16. The van der Waals surface area contributed by atoms with E-state index in [0.717, 1.165) is 26.6 Å². The summed E-state index contributed by atoms with van der Waals surface area (Å²) in [7, 11) is 0. The lowest BCUT2D eigenvalue weighted by Gasteiger charge is -2.05. The van der Waals surface area contributed by atoms with E-state index in [4.69, 9.17) is 5.10 Å². The Morgan fingerprint density at radius 3 is 2.71 bits per heavy atom. The van der Waals surface area contributed by atoms with E-state index >= 15 is 0 Å². The molecule has 0 amide bonds. The summed E-state index contributed by atoms with van der Waals surface area (Å²) in [6, 6.07) is 10.4. The normalized spacial score (nSPS) is 12.6. The van der Waals surface area contributed by atoms with Crippen molar-refractivity contribution in [1.82, 2.24) is 4.68 Å². The molecular weight excluding hydrogens is 341 g/mol. The molecule has 0 N–H and O–H groups in total. The molecule has 3 nitrogen and oxygen atoms in total. The molecule has 0 aliphatic rings. The number of hydrogen-bond donors (Lipinski definition) is 0. The third kappa shape index (κ3) is 3.60. The maximum absolute atomic E-state index is 13.1. The van der Waals surface area contributed by atoms with Gasteiger partial charge in [-0.25, -0.2) is 9.07 Å². The number of benzene rings is 1. The molecule has 6 heteroatoms. The molecule has 3 rings (SSSR count). The first-order chi connectivity index (χ1) is 11.7. The molecule has 0 fully saturated rings. The minimum atomic E-state index is -0.254. The highest BCUT2D eigenvalue weighted by Gasteiger charge is 2.09. The van der Waals surface area contributed by atoms with E-state index in [2.05, 4.69) is 23.0 Å². The minimum Gasteiger partial charge on any atom is -0.253 e. The average molecular weight is 357 g/mol. The molecule has 0 atom stereocenters. The number of nitrogens with zero attached hydrogens (tertiary/aromatic N) is 3. The Bertz CT molecular complexity index is 916. The van der Waals surface area contributed by atoms with Crippen molar-refractivity contribution in [1.29, 1.82) is 0 Å². The summed E-state index contributed by atoms with van der Waals surface area (Å²) >= 11 is 3.20. The third-order valence-corrected chi connectivity index (χ3v) is 5.07. The van der Waals surface area contributed by atoms with Gasteiger partial charge in [-0.2, -0.15) is 5.10 Å². The highest BCUT2D eigenvalue weighted by Crippen LogP contribution is 2.25. The van der Waals surface area contributed by atoms with Gasteiger partial charge in [0.05, 0.1) is 22.8 Å². The number of aromatic nitrogens is 1. The van der Waals surface area contributed by atoms with Gasteiger partial charge in [0.15, 0.2) is 0 Å². The highest BCUT2D eigenvalue weighted by atomic mass is 32.1. The lowest BCUT2D eigenvalue weighted by atomic mass is 10.1. The first-order valence-corrected chi connectivity index (χ1v) is 9.12. The zero-order valence-electron chi connectivity index (χ0n) is 13.1. The summed E-state index contributed by atoms with van der Waals surface area (Å²) in [5, 5.41) is 8.81. The van der Waals surface area contributed by atoms with Crippen LogP contribution in [0.5, 0.6) is 0 Å². The molecule has 1 aromatic carbocycles. The second-order valence-corrected chi connectivity index (χ2v) is 6.80. The van der Waals surface area contributed by atoms with Gasteiger partial charge in [0.25, 0.3) is 0 Å². The van der Waals surface area contributed by atoms with Crippen molar-refractivity contribution in [2.45, 2.75) is 6.92 Å². The molecular formula is C18H16FN3S2. The van der Waals surface area contributed by atoms with E-state index < -0.39 is 0 Å². The van der Waals surface area contributed by atoms with Gasteiger partial charge in [-0.1, -0.05) is 24.3 Å². The maximum Gasteiger partial charge on any atom is 0.206 e. The van der Waals surface area contributed by atoms with Gasteiger partial charge in [0.1, 0.15) is 5.82 Å². The van der Waals surface area contributed by atoms with Crippen LogP contribution in [0.4, 0.5) is 4.39 Å². The van der Waals surface area contributed by atoms with Crippen molar-refractivity contribution < 1.29 is 4.39 Å². The molecule has 0 aliphatic heterocycles. The largest absolute Gasteiger partial charge is 0.253 e. The monoisotopic (exact) mass is 357 g/mol. The molecule has 2 aromatic heterocycles. The zero-order valence-corrected chi connectivity index (χ0v) is 14.8. The average Bonchev–Trinajstić information content (AvgIpc) is 3.23. The fourth-order valence-corrected chi connectivity index (χ4v) is 3.77. The Morgan fingerprint density at radius 2 is 2.04 bits per heavy atom. The van der Waals surface area contributed by atoms with Crippen molar-refractivity contribution in [2.75, 3.05) is 6.54 Å². The Morgan fingerprint density at radius 1 is 1.25 bits per heavy atom. The van der Waals surface area contributed by atoms with Gasteiger partial charge in [0.2, 0.25) is 4.80 Å². The smallest absolute Gasteiger partial charge is 0.206 e. The molecule has 24 heavy (non-hydrogen) atoms. The van der Waals surface area contributed by atoms with Gasteiger partial charge in [-0.3, -0.25) is 4.99 Å². The second-order valence-electron chi connectivity index (χ2n) is 5.01. The predicted molar refractivity (Wildman–Crippen MR) is 100 cm³/mol. The van der Waals surface area contributed by atoms with Crippen LogP contribution in [0.3, 0.4) is 0 Å². The van der Waals surface area contributed by atoms with E-state index in [1.165, 1.54) is 12.1 Å². The van der Waals surface area contributed by atoms with Crippen LogP contribution in [0.15, 0.2) is 69.9 Å². The topological polar surface area (TPSA) is 29.6 Å². The van der Waals surface area contributed by atoms with Gasteiger partial charge in [-0.05, 0) is 36.1 Å². The Hall–Kier alpha value is -2.31. The van der Waals surface area contributed by atoms with Crippen LogP contribution in [-0.2, 0) is 0 Å². The zero-order chi connectivity index (χ0) is 16.9. The summed E-state index contributed by atoms with van der Waals surface area (Å²) < 4.78 is 15.0. The van der Waals surface area contributed by atoms with Crippen LogP contribution < -0.4 is 4.80 Å². The van der Waals surface area contributed by atoms with Crippen LogP contribution in [0.25, 0.3) is 10.6 Å². The van der Waals surface area contributed by atoms with Crippen molar-refractivity contribution in [3.05, 3.63) is 76.0 Å². The van der Waals surface area contributed by atoms with Gasteiger partial charge < -0.3 is 0 Å². The lowest BCUT2D eigenvalue weighted by Crippen LogP contribution is -2.14. The number of thiazole rings is 1. The fourth-order valence-electron chi connectivity index (χ4n) is 2.14. The molecule has 0 radical (unpaired) electrons. The van der Waals surface area contributed by atoms with Crippen molar-refractivity contribution in [2.24, 2.45) is 10.1 Å². The molecule has 2 heterocycles. The summed E-state index contributed by atoms with van der Waals surface area (Å²) in [5.74, 6) is -0.254. The number of thiophene rings is 1. The van der Waals surface area contributed by atoms with Gasteiger partial charge >= 0.3 is 0 Å². The molecule has 3 aromatic rings. The lowest BCUT2D eigenvalue weighted by molar-refractivity contribution is 0.627. The molecule has 0 saturated heterocycles. The van der Waals surface area contributed by atoms with Crippen LogP contribution in [0.2, 0.25) is 0 Å². The Kier molecular flexibility index (Phi) is 5.17. The first-order valence-electron chi connectivity index (χ1n) is 7.36. The van der Waals surface area contributed by atoms with E-state index in [0.29, 0.717) is 6.54 Å². The van der Waals surface area contributed by atoms with Crippen LogP contribution in [0.1, 0.15) is 12.5 Å². The van der Waals surface area contributed by atoms with Crippen LogP contribution in [0, 0.1) is 5.82 Å². The van der Waals surface area contributed by atoms with Crippen molar-refractivity contribution >= 4 is 28.4 Å². The number of rotatable bonds is 5. The van der Waals surface area contributed by atoms with E-state index in [9.17, 15) is 4.39 Å². The van der Waals surface area contributed by atoms with E-state index in [1.807, 2.05) is 23.0 Å². The SMILES string of the molecule is C=CCN=c1scc(-c2cccs2)n1N=C(C)c1ccc(F)cc1. The summed E-state index contributed by atoms with van der Waals surface area (Å²) in [4.78, 5) is 6.45. The molecule has 0 bridgehead atoms. The predicted octanol–water partition coefficient (Wildman–Crippen LogP) is 4.78. The van der Waals surface area contributed by atoms with Gasteiger partial charge in [-0.15, -0.1) is 29.3 Å². The first kappa shape index (κ1) is 16.5. The molecule has 0 aliphatic carbocycles. The van der Waals surface area contributed by atoms with E-state index in [1.54, 1.807) is 40.9 Å². The fraction of sp³-hybridized carbons (Fsp3) is 0.111. The second kappa shape index (κ2) is 7.51. The summed E-state index contributed by atoms with van der Waals surface area (Å²) in [5.41, 5.74) is 2.67. The Labute approximate surface area is 147 Å². The molecule has 0 saturated carbocycles. The van der Waals surface area contributed by atoms with Gasteiger partial charge in [0, 0.05) is 5.38 Å². The minimum absolute atomic E-state index is 0.254. The third-order valence-electron chi connectivity index (χ3n) is 3.33. The van der Waals surface area contributed by atoms with Crippen LogP contribution >= 0.6 is 22.7 Å². The number of halogens is 1. The molecule has 0 unspecified atom stereocenters. The number of hydrogen-bond acceptors (Lipinski definition) is 4. The Balaban J connectivity index is 2.10. The summed E-state index contributed by atoms with van der Waals surface area (Å²) in [6.07, 6.45) is 1.76. The highest BCUT2D eigenvalue weighted by molar-refractivity contribution is 7.14. The van der Waals surface area contributed by atoms with Crippen molar-refractivity contribution in [3.8, 4) is 10.6 Å². The molecule has 0 spiro atoms. The maximum atomic E-state index is 13.1. The molecule has 122 valence electrons.